The van der Waals surface area contributed by atoms with Crippen molar-refractivity contribution in [1.82, 2.24) is 4.98 Å². The monoisotopic (exact) mass is 389 g/mol. The molecule has 19 heavy (non-hydrogen) atoms. The summed E-state index contributed by atoms with van der Waals surface area (Å²) < 4.78 is 45.5. The topological polar surface area (TPSA) is 48.4 Å². The molecule has 0 saturated carbocycles. The Morgan fingerprint density at radius 2 is 2.11 bits per heavy atom. The Kier molecular flexibility index (Phi) is 5.39. The Hall–Kier alpha value is -1.06. The van der Waals surface area contributed by atoms with E-state index in [-0.39, 0.29) is 18.6 Å². The molecule has 1 aromatic heterocycles. The van der Waals surface area contributed by atoms with Gasteiger partial charge in [-0.3, -0.25) is 4.79 Å². The van der Waals surface area contributed by atoms with E-state index in [2.05, 4.69) is 9.72 Å². The van der Waals surface area contributed by atoms with E-state index in [0.717, 1.165) is 0 Å². The molecule has 8 heteroatoms. The number of hydrogen-bond acceptors (Lipinski definition) is 4. The lowest BCUT2D eigenvalue weighted by Crippen LogP contribution is -2.20. The van der Waals surface area contributed by atoms with E-state index in [0.29, 0.717) is 9.26 Å². The van der Waals surface area contributed by atoms with Gasteiger partial charge in [0.15, 0.2) is 0 Å². The van der Waals surface area contributed by atoms with Crippen molar-refractivity contribution in [3.05, 3.63) is 20.9 Å². The molecule has 0 spiro atoms. The number of esters is 1. The van der Waals surface area contributed by atoms with Crippen molar-refractivity contribution in [2.75, 3.05) is 6.61 Å². The summed E-state index contributed by atoms with van der Waals surface area (Å²) in [5.41, 5.74) is 0.572. The zero-order chi connectivity index (χ0) is 14.6. The van der Waals surface area contributed by atoms with E-state index >= 15 is 0 Å². The zero-order valence-corrected chi connectivity index (χ0v) is 12.3. The van der Waals surface area contributed by atoms with Crippen LogP contribution in [0.3, 0.4) is 0 Å². The fourth-order valence-corrected chi connectivity index (χ4v) is 1.96. The highest BCUT2D eigenvalue weighted by Crippen LogP contribution is 2.27. The number of halogens is 4. The van der Waals surface area contributed by atoms with Gasteiger partial charge in [-0.1, -0.05) is 0 Å². The third kappa shape index (κ3) is 5.21. The Labute approximate surface area is 121 Å². The van der Waals surface area contributed by atoms with Crippen molar-refractivity contribution in [2.24, 2.45) is 0 Å². The highest BCUT2D eigenvalue weighted by molar-refractivity contribution is 14.1. The molecule has 0 fully saturated rings. The summed E-state index contributed by atoms with van der Waals surface area (Å²) in [5.74, 6) is -1.05. The van der Waals surface area contributed by atoms with Gasteiger partial charge in [-0.2, -0.15) is 0 Å². The molecule has 1 heterocycles. The second kappa shape index (κ2) is 6.40. The van der Waals surface area contributed by atoms with Crippen LogP contribution >= 0.6 is 22.6 Å². The molecule has 0 aliphatic heterocycles. The van der Waals surface area contributed by atoms with Gasteiger partial charge in [0.2, 0.25) is 5.88 Å². The van der Waals surface area contributed by atoms with Crippen LogP contribution in [0, 0.1) is 10.6 Å². The molecule has 0 atom stereocenters. The third-order valence-corrected chi connectivity index (χ3v) is 2.71. The number of aromatic nitrogens is 1. The zero-order valence-electron chi connectivity index (χ0n) is 10.2. The standard InChI is InChI=1S/C11H11F3INO3/c1-3-18-9(17)5-7-4-8(15)16-10(6(7)2)19-11(12,13)14/h4H,3,5H2,1-2H3. The van der Waals surface area contributed by atoms with Crippen molar-refractivity contribution in [3.8, 4) is 5.88 Å². The molecule has 0 saturated heterocycles. The SMILES string of the molecule is CCOC(=O)Cc1cc(I)nc(OC(F)(F)F)c1C. The number of ether oxygens (including phenoxy) is 2. The van der Waals surface area contributed by atoms with Crippen molar-refractivity contribution in [3.63, 3.8) is 0 Å². The Morgan fingerprint density at radius 1 is 1.47 bits per heavy atom. The highest BCUT2D eigenvalue weighted by atomic mass is 127. The van der Waals surface area contributed by atoms with Gasteiger partial charge in [-0.25, -0.2) is 4.98 Å². The van der Waals surface area contributed by atoms with E-state index in [1.807, 2.05) is 0 Å². The highest BCUT2D eigenvalue weighted by Gasteiger charge is 2.33. The molecule has 0 aliphatic carbocycles. The molecule has 1 rings (SSSR count). The molecule has 0 bridgehead atoms. The van der Waals surface area contributed by atoms with Gasteiger partial charge >= 0.3 is 12.3 Å². The lowest BCUT2D eigenvalue weighted by Gasteiger charge is -2.13. The van der Waals surface area contributed by atoms with Crippen molar-refractivity contribution < 1.29 is 27.4 Å². The van der Waals surface area contributed by atoms with Gasteiger partial charge in [0.1, 0.15) is 3.70 Å². The minimum Gasteiger partial charge on any atom is -0.466 e. The maximum absolute atomic E-state index is 12.2. The van der Waals surface area contributed by atoms with Crippen LogP contribution in [-0.2, 0) is 16.0 Å². The summed E-state index contributed by atoms with van der Waals surface area (Å²) in [6, 6.07) is 1.52. The first kappa shape index (κ1) is 16.0. The molecule has 0 radical (unpaired) electrons. The Bertz CT molecular complexity index is 477. The van der Waals surface area contributed by atoms with Gasteiger partial charge in [-0.05, 0) is 48.1 Å². The first-order valence-electron chi connectivity index (χ1n) is 5.30. The molecule has 4 nitrogen and oxygen atoms in total. The van der Waals surface area contributed by atoms with Crippen LogP contribution in [-0.4, -0.2) is 23.9 Å². The number of hydrogen-bond donors (Lipinski definition) is 0. The van der Waals surface area contributed by atoms with E-state index in [9.17, 15) is 18.0 Å². The molecule has 106 valence electrons. The predicted octanol–water partition coefficient (Wildman–Crippen LogP) is 3.00. The minimum atomic E-state index is -4.82. The summed E-state index contributed by atoms with van der Waals surface area (Å²) in [5, 5.41) is 0. The number of pyridine rings is 1. The predicted molar refractivity (Wildman–Crippen MR) is 68.7 cm³/mol. The molecule has 1 aromatic rings. The Balaban J connectivity index is 3.03. The van der Waals surface area contributed by atoms with Crippen molar-refractivity contribution >= 4 is 28.6 Å². The van der Waals surface area contributed by atoms with Crippen LogP contribution in [0.2, 0.25) is 0 Å². The molecule has 0 N–H and O–H groups in total. The van der Waals surface area contributed by atoms with E-state index in [1.165, 1.54) is 13.0 Å². The van der Waals surface area contributed by atoms with Gasteiger partial charge in [-0.15, -0.1) is 13.2 Å². The second-order valence-corrected chi connectivity index (χ2v) is 4.67. The van der Waals surface area contributed by atoms with Crippen molar-refractivity contribution in [1.29, 1.82) is 0 Å². The normalized spacial score (nSPS) is 11.3. The minimum absolute atomic E-state index is 0.119. The van der Waals surface area contributed by atoms with E-state index in [4.69, 9.17) is 4.74 Å². The molecule has 0 aliphatic rings. The molecular formula is C11H11F3INO3. The lowest BCUT2D eigenvalue weighted by atomic mass is 10.1. The summed E-state index contributed by atoms with van der Waals surface area (Å²) >= 11 is 1.76. The van der Waals surface area contributed by atoms with Crippen LogP contribution in [0.4, 0.5) is 13.2 Å². The summed E-state index contributed by atoms with van der Waals surface area (Å²) in [6.07, 6.45) is -4.93. The van der Waals surface area contributed by atoms with Gasteiger partial charge in [0, 0.05) is 5.56 Å². The Morgan fingerprint density at radius 3 is 2.63 bits per heavy atom. The lowest BCUT2D eigenvalue weighted by molar-refractivity contribution is -0.276. The average molecular weight is 389 g/mol. The fraction of sp³-hybridized carbons (Fsp3) is 0.455. The summed E-state index contributed by atoms with van der Waals surface area (Å²) in [7, 11) is 0. The van der Waals surface area contributed by atoms with Gasteiger partial charge in [0.25, 0.3) is 0 Å². The molecule has 0 amide bonds. The van der Waals surface area contributed by atoms with Crippen LogP contribution in [0.25, 0.3) is 0 Å². The van der Waals surface area contributed by atoms with Gasteiger partial charge < -0.3 is 9.47 Å². The van der Waals surface area contributed by atoms with Crippen LogP contribution < -0.4 is 4.74 Å². The average Bonchev–Trinajstić information content (AvgIpc) is 2.23. The van der Waals surface area contributed by atoms with E-state index < -0.39 is 18.2 Å². The molecule has 0 unspecified atom stereocenters. The van der Waals surface area contributed by atoms with E-state index in [1.54, 1.807) is 29.5 Å². The fourth-order valence-electron chi connectivity index (χ4n) is 1.36. The summed E-state index contributed by atoms with van der Waals surface area (Å²) in [4.78, 5) is 15.0. The quantitative estimate of drug-likeness (QED) is 0.452. The third-order valence-electron chi connectivity index (χ3n) is 2.16. The number of alkyl halides is 3. The van der Waals surface area contributed by atoms with Crippen LogP contribution in [0.1, 0.15) is 18.1 Å². The van der Waals surface area contributed by atoms with Crippen molar-refractivity contribution in [2.45, 2.75) is 26.6 Å². The van der Waals surface area contributed by atoms with Crippen LogP contribution in [0.5, 0.6) is 5.88 Å². The van der Waals surface area contributed by atoms with Crippen LogP contribution in [0.15, 0.2) is 6.07 Å². The van der Waals surface area contributed by atoms with Gasteiger partial charge in [0.05, 0.1) is 13.0 Å². The number of carbonyl (C=O) groups excluding carboxylic acids is 1. The summed E-state index contributed by atoms with van der Waals surface area (Å²) in [6.45, 7) is 3.28. The first-order chi connectivity index (χ1) is 8.73. The second-order valence-electron chi connectivity index (χ2n) is 3.56. The largest absolute Gasteiger partial charge is 0.574 e. The molecular weight excluding hydrogens is 378 g/mol. The maximum Gasteiger partial charge on any atom is 0.574 e. The smallest absolute Gasteiger partial charge is 0.466 e. The first-order valence-corrected chi connectivity index (χ1v) is 6.38. The number of carbonyl (C=O) groups is 1. The number of rotatable bonds is 4. The molecule has 0 aromatic carbocycles. The maximum atomic E-state index is 12.2. The number of nitrogens with zero attached hydrogens (tertiary/aromatic N) is 1.